The molecule has 0 bridgehead atoms. The van der Waals surface area contributed by atoms with Crippen LogP contribution in [0.4, 0.5) is 0 Å². The van der Waals surface area contributed by atoms with Crippen molar-refractivity contribution >= 4 is 5.96 Å². The predicted octanol–water partition coefficient (Wildman–Crippen LogP) is 2.76. The fraction of sp³-hybridized carbons (Fsp3) is 0.444. The quantitative estimate of drug-likeness (QED) is 0.629. The molecular formula is C18H26N4O2. The monoisotopic (exact) mass is 330 g/mol. The van der Waals surface area contributed by atoms with E-state index in [1.165, 1.54) is 0 Å². The van der Waals surface area contributed by atoms with Crippen molar-refractivity contribution in [2.75, 3.05) is 13.6 Å². The van der Waals surface area contributed by atoms with Gasteiger partial charge in [0, 0.05) is 38.8 Å². The van der Waals surface area contributed by atoms with E-state index in [0.717, 1.165) is 30.2 Å². The number of guanidine groups is 1. The zero-order valence-electron chi connectivity index (χ0n) is 14.8. The fourth-order valence-corrected chi connectivity index (χ4v) is 2.05. The molecule has 2 aromatic rings. The van der Waals surface area contributed by atoms with Crippen LogP contribution in [0.2, 0.25) is 0 Å². The van der Waals surface area contributed by atoms with Gasteiger partial charge in [-0.15, -0.1) is 0 Å². The molecule has 6 heteroatoms. The lowest BCUT2D eigenvalue weighted by Gasteiger charge is -2.20. The van der Waals surface area contributed by atoms with Crippen LogP contribution in [0.1, 0.15) is 32.1 Å². The molecule has 0 amide bonds. The summed E-state index contributed by atoms with van der Waals surface area (Å²) in [5.74, 6) is 2.33. The van der Waals surface area contributed by atoms with Crippen LogP contribution in [0.5, 0.6) is 5.88 Å². The number of hydrogen-bond donors (Lipinski definition) is 2. The number of aromatic nitrogens is 1. The van der Waals surface area contributed by atoms with Crippen LogP contribution in [0.25, 0.3) is 0 Å². The number of pyridine rings is 1. The third-order valence-electron chi connectivity index (χ3n) is 3.14. The van der Waals surface area contributed by atoms with Crippen LogP contribution in [-0.2, 0) is 13.0 Å². The first kappa shape index (κ1) is 17.8. The minimum atomic E-state index is -0.243. The van der Waals surface area contributed by atoms with Crippen LogP contribution in [-0.4, -0.2) is 30.1 Å². The van der Waals surface area contributed by atoms with Gasteiger partial charge in [0.15, 0.2) is 5.96 Å². The standard InChI is InChI=1S/C18H26N4O2/c1-18(2,3)24-16-8-7-14(12-21-16)13-22-17(19-4)20-10-9-15-6-5-11-23-15/h5-8,11-12H,9-10,13H2,1-4H3,(H2,19,20,22). The molecule has 2 aromatic heterocycles. The summed E-state index contributed by atoms with van der Waals surface area (Å²) in [5.41, 5.74) is 0.817. The molecule has 0 aliphatic carbocycles. The Labute approximate surface area is 143 Å². The minimum absolute atomic E-state index is 0.243. The topological polar surface area (TPSA) is 71.7 Å². The van der Waals surface area contributed by atoms with Crippen LogP contribution < -0.4 is 15.4 Å². The highest BCUT2D eigenvalue weighted by molar-refractivity contribution is 5.79. The average Bonchev–Trinajstić information content (AvgIpc) is 3.04. The van der Waals surface area contributed by atoms with Gasteiger partial charge >= 0.3 is 0 Å². The minimum Gasteiger partial charge on any atom is -0.472 e. The Balaban J connectivity index is 1.76. The molecule has 0 radical (unpaired) electrons. The molecule has 2 heterocycles. The second-order valence-electron chi connectivity index (χ2n) is 6.40. The molecule has 0 fully saturated rings. The summed E-state index contributed by atoms with van der Waals surface area (Å²) in [5, 5.41) is 6.52. The maximum atomic E-state index is 5.72. The Morgan fingerprint density at radius 3 is 2.67 bits per heavy atom. The largest absolute Gasteiger partial charge is 0.472 e. The van der Waals surface area contributed by atoms with Gasteiger partial charge in [-0.05, 0) is 38.5 Å². The second kappa shape index (κ2) is 8.38. The van der Waals surface area contributed by atoms with Crippen molar-refractivity contribution in [3.63, 3.8) is 0 Å². The van der Waals surface area contributed by atoms with Crippen molar-refractivity contribution in [2.24, 2.45) is 4.99 Å². The SMILES string of the molecule is CN=C(NCCc1ccco1)NCc1ccc(OC(C)(C)C)nc1. The first-order valence-electron chi connectivity index (χ1n) is 8.07. The van der Waals surface area contributed by atoms with Crippen molar-refractivity contribution < 1.29 is 9.15 Å². The lowest BCUT2D eigenvalue weighted by Crippen LogP contribution is -2.37. The summed E-state index contributed by atoms with van der Waals surface area (Å²) < 4.78 is 11.0. The molecule has 0 saturated heterocycles. The number of nitrogens with one attached hydrogen (secondary N) is 2. The Morgan fingerprint density at radius 2 is 2.08 bits per heavy atom. The van der Waals surface area contributed by atoms with E-state index < -0.39 is 0 Å². The lowest BCUT2D eigenvalue weighted by atomic mass is 10.2. The summed E-state index contributed by atoms with van der Waals surface area (Å²) in [6.07, 6.45) is 4.31. The first-order chi connectivity index (χ1) is 11.5. The van der Waals surface area contributed by atoms with Crippen molar-refractivity contribution in [1.82, 2.24) is 15.6 Å². The van der Waals surface area contributed by atoms with E-state index in [0.29, 0.717) is 12.4 Å². The molecule has 2 rings (SSSR count). The number of ether oxygens (including phenoxy) is 1. The summed E-state index contributed by atoms with van der Waals surface area (Å²) in [6.45, 7) is 7.40. The van der Waals surface area contributed by atoms with E-state index in [1.54, 1.807) is 13.3 Å². The van der Waals surface area contributed by atoms with Crippen molar-refractivity contribution in [1.29, 1.82) is 0 Å². The molecular weight excluding hydrogens is 304 g/mol. The second-order valence-corrected chi connectivity index (χ2v) is 6.40. The van der Waals surface area contributed by atoms with E-state index >= 15 is 0 Å². The van der Waals surface area contributed by atoms with E-state index in [2.05, 4.69) is 20.6 Å². The number of furan rings is 1. The van der Waals surface area contributed by atoms with Crippen LogP contribution in [0.15, 0.2) is 46.1 Å². The van der Waals surface area contributed by atoms with Gasteiger partial charge in [-0.1, -0.05) is 6.07 Å². The van der Waals surface area contributed by atoms with Crippen molar-refractivity contribution in [2.45, 2.75) is 39.3 Å². The molecule has 0 aliphatic heterocycles. The normalized spacial score (nSPS) is 12.1. The number of hydrogen-bond acceptors (Lipinski definition) is 4. The van der Waals surface area contributed by atoms with E-state index in [4.69, 9.17) is 9.15 Å². The third-order valence-corrected chi connectivity index (χ3v) is 3.14. The van der Waals surface area contributed by atoms with Gasteiger partial charge in [-0.2, -0.15) is 0 Å². The molecule has 0 atom stereocenters. The van der Waals surface area contributed by atoms with Crippen LogP contribution in [0.3, 0.4) is 0 Å². The number of nitrogens with zero attached hydrogens (tertiary/aromatic N) is 2. The number of aliphatic imine (C=N–C) groups is 1. The Morgan fingerprint density at radius 1 is 1.25 bits per heavy atom. The smallest absolute Gasteiger partial charge is 0.213 e. The molecule has 24 heavy (non-hydrogen) atoms. The summed E-state index contributed by atoms with van der Waals surface area (Å²) >= 11 is 0. The van der Waals surface area contributed by atoms with Crippen molar-refractivity contribution in [3.05, 3.63) is 48.0 Å². The Kier molecular flexibility index (Phi) is 6.23. The molecule has 130 valence electrons. The van der Waals surface area contributed by atoms with Crippen molar-refractivity contribution in [3.8, 4) is 5.88 Å². The zero-order valence-corrected chi connectivity index (χ0v) is 14.8. The average molecular weight is 330 g/mol. The Hall–Kier alpha value is -2.50. The van der Waals surface area contributed by atoms with Gasteiger partial charge in [-0.25, -0.2) is 4.98 Å². The maximum absolute atomic E-state index is 5.72. The summed E-state index contributed by atoms with van der Waals surface area (Å²) in [4.78, 5) is 8.54. The highest BCUT2D eigenvalue weighted by Gasteiger charge is 2.12. The van der Waals surface area contributed by atoms with Crippen LogP contribution >= 0.6 is 0 Å². The number of rotatable bonds is 6. The predicted molar refractivity (Wildman–Crippen MR) is 95.2 cm³/mol. The Bertz CT molecular complexity index is 628. The van der Waals surface area contributed by atoms with E-state index in [-0.39, 0.29) is 5.60 Å². The lowest BCUT2D eigenvalue weighted by molar-refractivity contribution is 0.124. The van der Waals surface area contributed by atoms with Gasteiger partial charge in [0.2, 0.25) is 5.88 Å². The molecule has 0 spiro atoms. The fourth-order valence-electron chi connectivity index (χ4n) is 2.05. The van der Waals surface area contributed by atoms with E-state index in [1.807, 2.05) is 51.2 Å². The van der Waals surface area contributed by atoms with E-state index in [9.17, 15) is 0 Å². The maximum Gasteiger partial charge on any atom is 0.213 e. The summed E-state index contributed by atoms with van der Waals surface area (Å²) in [7, 11) is 1.75. The molecule has 6 nitrogen and oxygen atoms in total. The highest BCUT2D eigenvalue weighted by atomic mass is 16.5. The van der Waals surface area contributed by atoms with Gasteiger partial charge in [0.1, 0.15) is 11.4 Å². The van der Waals surface area contributed by atoms with Crippen LogP contribution in [0, 0.1) is 0 Å². The molecule has 0 unspecified atom stereocenters. The third kappa shape index (κ3) is 6.32. The van der Waals surface area contributed by atoms with Gasteiger partial charge < -0.3 is 19.8 Å². The highest BCUT2D eigenvalue weighted by Crippen LogP contribution is 2.15. The van der Waals surface area contributed by atoms with Gasteiger partial charge in [-0.3, -0.25) is 4.99 Å². The first-order valence-corrected chi connectivity index (χ1v) is 8.07. The zero-order chi connectivity index (χ0) is 17.4. The van der Waals surface area contributed by atoms with Gasteiger partial charge in [0.05, 0.1) is 6.26 Å². The molecule has 0 aromatic carbocycles. The summed E-state index contributed by atoms with van der Waals surface area (Å²) in [6, 6.07) is 7.74. The molecule has 0 saturated carbocycles. The molecule has 0 aliphatic rings. The van der Waals surface area contributed by atoms with Gasteiger partial charge in [0.25, 0.3) is 0 Å². The molecule has 2 N–H and O–H groups in total.